The molecule has 1 aromatic carbocycles. The van der Waals surface area contributed by atoms with E-state index in [4.69, 9.17) is 5.26 Å². The third kappa shape index (κ3) is 4.54. The van der Waals surface area contributed by atoms with Crippen molar-refractivity contribution in [3.63, 3.8) is 0 Å². The number of nitrogens with one attached hydrogen (secondary N) is 1. The van der Waals surface area contributed by atoms with Gasteiger partial charge in [-0.05, 0) is 26.0 Å². The Bertz CT molecular complexity index is 556. The van der Waals surface area contributed by atoms with Crippen LogP contribution in [0.5, 0.6) is 0 Å². The van der Waals surface area contributed by atoms with Crippen LogP contribution in [0, 0.1) is 11.3 Å². The maximum atomic E-state index is 12.7. The van der Waals surface area contributed by atoms with Crippen LogP contribution in [0.3, 0.4) is 0 Å². The third-order valence-electron chi connectivity index (χ3n) is 2.86. The fourth-order valence-electron chi connectivity index (χ4n) is 1.67. The molecule has 2 N–H and O–H groups in total. The molecule has 0 fully saturated rings. The van der Waals surface area contributed by atoms with Gasteiger partial charge in [-0.3, -0.25) is 0 Å². The average Bonchev–Trinajstić information content (AvgIpc) is 2.46. The van der Waals surface area contributed by atoms with Crippen LogP contribution in [0.15, 0.2) is 24.3 Å². The maximum Gasteiger partial charge on any atom is 0.430 e. The van der Waals surface area contributed by atoms with Crippen LogP contribution in [0.2, 0.25) is 0 Å². The van der Waals surface area contributed by atoms with Crippen molar-refractivity contribution in [2.24, 2.45) is 0 Å². The lowest BCUT2D eigenvalue weighted by atomic mass is 9.92. The highest BCUT2D eigenvalue weighted by molar-refractivity contribution is 5.49. The largest absolute Gasteiger partial charge is 0.430 e. The summed E-state index contributed by atoms with van der Waals surface area (Å²) in [6.45, 7) is 6.95. The van der Waals surface area contributed by atoms with Gasteiger partial charge in [-0.25, -0.2) is 0 Å². The second kappa shape index (κ2) is 7.30. The zero-order valence-corrected chi connectivity index (χ0v) is 13.5. The van der Waals surface area contributed by atoms with Crippen LogP contribution in [0.1, 0.15) is 33.3 Å². The molecule has 1 aromatic rings. The number of rotatable bonds is 3. The molecule has 0 saturated carbocycles. The van der Waals surface area contributed by atoms with E-state index in [0.29, 0.717) is 12.1 Å². The lowest BCUT2D eigenvalue weighted by Crippen LogP contribution is -2.53. The summed E-state index contributed by atoms with van der Waals surface area (Å²) in [7, 11) is 0. The van der Waals surface area contributed by atoms with Crippen LogP contribution in [-0.4, -0.2) is 23.0 Å². The molecule has 0 aromatic heterocycles. The first-order valence-corrected chi connectivity index (χ1v) is 6.90. The second-order valence-electron chi connectivity index (χ2n) is 5.15. The third-order valence-corrected chi connectivity index (χ3v) is 2.86. The van der Waals surface area contributed by atoms with Gasteiger partial charge in [-0.2, -0.15) is 31.6 Å². The molecule has 0 radical (unpaired) electrons. The Hall–Kier alpha value is -1.95. The number of anilines is 1. The van der Waals surface area contributed by atoms with E-state index in [2.05, 4.69) is 5.32 Å². The van der Waals surface area contributed by atoms with Gasteiger partial charge in [-0.15, -0.1) is 0 Å². The molecule has 0 saturated heterocycles. The zero-order valence-electron chi connectivity index (χ0n) is 13.5. The van der Waals surface area contributed by atoms with Gasteiger partial charge >= 0.3 is 12.4 Å². The minimum Gasteiger partial charge on any atom is -0.369 e. The van der Waals surface area contributed by atoms with Crippen LogP contribution in [-0.2, 0) is 5.60 Å². The summed E-state index contributed by atoms with van der Waals surface area (Å²) >= 11 is 0. The fraction of sp³-hybridized carbons (Fsp3) is 0.533. The lowest BCUT2D eigenvalue weighted by Gasteiger charge is -2.32. The first kappa shape index (κ1) is 22.1. The van der Waals surface area contributed by atoms with Crippen molar-refractivity contribution in [2.75, 3.05) is 5.32 Å². The summed E-state index contributed by atoms with van der Waals surface area (Å²) < 4.78 is 76.1. The highest BCUT2D eigenvalue weighted by Gasteiger charge is 2.71. The molecular formula is C15H18F6N2O. The van der Waals surface area contributed by atoms with Crippen molar-refractivity contribution in [3.8, 4) is 6.07 Å². The van der Waals surface area contributed by atoms with Gasteiger partial charge in [0, 0.05) is 11.3 Å². The molecule has 0 unspecified atom stereocenters. The van der Waals surface area contributed by atoms with E-state index in [1.165, 1.54) is 13.8 Å². The maximum absolute atomic E-state index is 12.7. The number of benzene rings is 1. The standard InChI is InChI=1S/C13H12F6N2O.C2H6/c1-10(2,7-20)21-9-5-3-8(4-6-9)11(22,12(14,15)16)13(17,18)19;1-2/h3-6,21-22H,1-2H3;1-2H3. The highest BCUT2D eigenvalue weighted by Crippen LogP contribution is 2.50. The average molecular weight is 356 g/mol. The number of aliphatic hydroxyl groups is 1. The first-order valence-electron chi connectivity index (χ1n) is 6.90. The lowest BCUT2D eigenvalue weighted by molar-refractivity contribution is -0.376. The number of hydrogen-bond donors (Lipinski definition) is 2. The molecule has 0 aliphatic carbocycles. The minimum atomic E-state index is -5.92. The molecule has 0 spiro atoms. The summed E-state index contributed by atoms with van der Waals surface area (Å²) in [5.74, 6) is 0. The van der Waals surface area contributed by atoms with Crippen LogP contribution in [0.4, 0.5) is 32.0 Å². The number of nitrogens with zero attached hydrogens (tertiary/aromatic N) is 1. The predicted molar refractivity (Wildman–Crippen MR) is 77.1 cm³/mol. The quantitative estimate of drug-likeness (QED) is 0.769. The number of nitriles is 1. The molecule has 0 atom stereocenters. The number of hydrogen-bond acceptors (Lipinski definition) is 3. The Morgan fingerprint density at radius 1 is 0.917 bits per heavy atom. The molecular weight excluding hydrogens is 338 g/mol. The minimum absolute atomic E-state index is 0.141. The highest BCUT2D eigenvalue weighted by atomic mass is 19.4. The Labute approximate surface area is 135 Å². The van der Waals surface area contributed by atoms with Gasteiger partial charge in [0.2, 0.25) is 0 Å². The van der Waals surface area contributed by atoms with Crippen LogP contribution < -0.4 is 5.32 Å². The van der Waals surface area contributed by atoms with E-state index in [9.17, 15) is 31.4 Å². The Morgan fingerprint density at radius 2 is 1.29 bits per heavy atom. The fourth-order valence-corrected chi connectivity index (χ4v) is 1.67. The van der Waals surface area contributed by atoms with Crippen molar-refractivity contribution < 1.29 is 31.4 Å². The zero-order chi connectivity index (χ0) is 19.4. The molecule has 136 valence electrons. The van der Waals surface area contributed by atoms with Gasteiger partial charge in [0.05, 0.1) is 6.07 Å². The van der Waals surface area contributed by atoms with Gasteiger partial charge in [0.25, 0.3) is 5.60 Å². The van der Waals surface area contributed by atoms with Gasteiger partial charge in [0.1, 0.15) is 5.54 Å². The summed E-state index contributed by atoms with van der Waals surface area (Å²) in [6, 6.07) is 4.74. The van der Waals surface area contributed by atoms with Gasteiger partial charge in [-0.1, -0.05) is 26.0 Å². The van der Waals surface area contributed by atoms with Crippen molar-refractivity contribution in [1.29, 1.82) is 5.26 Å². The smallest absolute Gasteiger partial charge is 0.369 e. The monoisotopic (exact) mass is 356 g/mol. The Balaban J connectivity index is 0.00000254. The van der Waals surface area contributed by atoms with E-state index in [1.807, 2.05) is 19.9 Å². The molecule has 24 heavy (non-hydrogen) atoms. The van der Waals surface area contributed by atoms with E-state index in [-0.39, 0.29) is 5.69 Å². The predicted octanol–water partition coefficient (Wildman–Crippen LogP) is 4.74. The van der Waals surface area contributed by atoms with Gasteiger partial charge in [0.15, 0.2) is 0 Å². The van der Waals surface area contributed by atoms with Crippen molar-refractivity contribution in [3.05, 3.63) is 29.8 Å². The second-order valence-corrected chi connectivity index (χ2v) is 5.15. The number of halogens is 6. The molecule has 0 heterocycles. The summed E-state index contributed by atoms with van der Waals surface area (Å²) in [5, 5.41) is 20.6. The van der Waals surface area contributed by atoms with Gasteiger partial charge < -0.3 is 10.4 Å². The summed E-state index contributed by atoms with van der Waals surface area (Å²) in [6.07, 6.45) is -11.8. The molecule has 0 amide bonds. The Kier molecular flexibility index (Phi) is 6.71. The van der Waals surface area contributed by atoms with Crippen LogP contribution in [0.25, 0.3) is 0 Å². The van der Waals surface area contributed by atoms with Crippen molar-refractivity contribution >= 4 is 5.69 Å². The molecule has 0 aliphatic heterocycles. The molecule has 9 heteroatoms. The van der Waals surface area contributed by atoms with E-state index in [1.54, 1.807) is 0 Å². The normalized spacial score (nSPS) is 12.8. The van der Waals surface area contributed by atoms with Crippen molar-refractivity contribution in [2.45, 2.75) is 51.2 Å². The van der Waals surface area contributed by atoms with E-state index in [0.717, 1.165) is 12.1 Å². The van der Waals surface area contributed by atoms with E-state index < -0.39 is 29.1 Å². The molecule has 1 rings (SSSR count). The number of alkyl halides is 6. The summed E-state index contributed by atoms with van der Waals surface area (Å²) in [5.41, 5.74) is -7.23. The summed E-state index contributed by atoms with van der Waals surface area (Å²) in [4.78, 5) is 0. The Morgan fingerprint density at radius 3 is 1.58 bits per heavy atom. The van der Waals surface area contributed by atoms with E-state index >= 15 is 0 Å². The van der Waals surface area contributed by atoms with Crippen LogP contribution >= 0.6 is 0 Å². The first-order chi connectivity index (χ1) is 10.7. The topological polar surface area (TPSA) is 56.0 Å². The van der Waals surface area contributed by atoms with Crippen molar-refractivity contribution in [1.82, 2.24) is 0 Å². The molecule has 0 bridgehead atoms. The SMILES string of the molecule is CC.CC(C)(C#N)Nc1ccc(C(O)(C(F)(F)F)C(F)(F)F)cc1. The molecule has 0 aliphatic rings. The molecule has 3 nitrogen and oxygen atoms in total.